The number of halogens is 2. The molecule has 1 amide bonds. The van der Waals surface area contributed by atoms with E-state index in [2.05, 4.69) is 5.32 Å². The average Bonchev–Trinajstić information content (AvgIpc) is 3.07. The van der Waals surface area contributed by atoms with Crippen LogP contribution in [0.25, 0.3) is 0 Å². The van der Waals surface area contributed by atoms with Crippen LogP contribution >= 0.6 is 24.0 Å². The van der Waals surface area contributed by atoms with E-state index in [1.54, 1.807) is 12.1 Å². The molecule has 0 bridgehead atoms. The van der Waals surface area contributed by atoms with E-state index in [0.717, 1.165) is 26.2 Å². The molecule has 0 aromatic heterocycles. The third-order valence-corrected chi connectivity index (χ3v) is 4.77. The van der Waals surface area contributed by atoms with E-state index >= 15 is 0 Å². The molecule has 122 valence electrons. The van der Waals surface area contributed by atoms with Crippen LogP contribution in [-0.2, 0) is 4.79 Å². The van der Waals surface area contributed by atoms with Crippen LogP contribution < -0.4 is 10.1 Å². The number of para-hydroxylation sites is 1. The molecule has 1 N–H and O–H groups in total. The SMILES string of the molecule is CCC(Oc1ccccc1Cl)C(=O)N1C[C@H]2CNC[C@H]2C1.Cl. The van der Waals surface area contributed by atoms with E-state index in [-0.39, 0.29) is 18.3 Å². The number of likely N-dealkylation sites (tertiary alicyclic amines) is 1. The molecule has 0 radical (unpaired) electrons. The van der Waals surface area contributed by atoms with Gasteiger partial charge in [0, 0.05) is 26.2 Å². The number of nitrogens with one attached hydrogen (secondary N) is 1. The van der Waals surface area contributed by atoms with E-state index in [4.69, 9.17) is 16.3 Å². The smallest absolute Gasteiger partial charge is 0.263 e. The van der Waals surface area contributed by atoms with Gasteiger partial charge in [0.25, 0.3) is 5.91 Å². The molecule has 22 heavy (non-hydrogen) atoms. The van der Waals surface area contributed by atoms with Crippen molar-refractivity contribution in [3.63, 3.8) is 0 Å². The fourth-order valence-electron chi connectivity index (χ4n) is 3.24. The van der Waals surface area contributed by atoms with Gasteiger partial charge in [-0.15, -0.1) is 12.4 Å². The quantitative estimate of drug-likeness (QED) is 0.912. The van der Waals surface area contributed by atoms with Gasteiger partial charge >= 0.3 is 0 Å². The van der Waals surface area contributed by atoms with Crippen molar-refractivity contribution >= 4 is 29.9 Å². The molecular formula is C16H22Cl2N2O2. The molecular weight excluding hydrogens is 323 g/mol. The van der Waals surface area contributed by atoms with Crippen molar-refractivity contribution in [3.8, 4) is 5.75 Å². The second kappa shape index (κ2) is 7.53. The first kappa shape index (κ1) is 17.4. The van der Waals surface area contributed by atoms with E-state index < -0.39 is 6.10 Å². The largest absolute Gasteiger partial charge is 0.479 e. The molecule has 0 aliphatic carbocycles. The molecule has 4 nitrogen and oxygen atoms in total. The molecule has 2 fully saturated rings. The van der Waals surface area contributed by atoms with Gasteiger partial charge in [0.15, 0.2) is 6.10 Å². The van der Waals surface area contributed by atoms with Crippen molar-refractivity contribution in [1.82, 2.24) is 10.2 Å². The Labute approximate surface area is 142 Å². The lowest BCUT2D eigenvalue weighted by atomic mass is 10.0. The first-order valence-electron chi connectivity index (χ1n) is 7.59. The number of hydrogen-bond donors (Lipinski definition) is 1. The Hall–Kier alpha value is -0.970. The first-order chi connectivity index (χ1) is 10.2. The number of nitrogens with zero attached hydrogens (tertiary/aromatic N) is 1. The minimum absolute atomic E-state index is 0. The third kappa shape index (κ3) is 3.50. The van der Waals surface area contributed by atoms with E-state index in [9.17, 15) is 4.79 Å². The molecule has 1 unspecified atom stereocenters. The van der Waals surface area contributed by atoms with Gasteiger partial charge in [-0.05, 0) is 30.4 Å². The molecule has 1 aromatic rings. The van der Waals surface area contributed by atoms with Gasteiger partial charge in [-0.2, -0.15) is 0 Å². The summed E-state index contributed by atoms with van der Waals surface area (Å²) in [4.78, 5) is 14.6. The molecule has 3 atom stereocenters. The number of carbonyl (C=O) groups is 1. The molecule has 0 spiro atoms. The highest BCUT2D eigenvalue weighted by atomic mass is 35.5. The van der Waals surface area contributed by atoms with Gasteiger partial charge in [0.2, 0.25) is 0 Å². The summed E-state index contributed by atoms with van der Waals surface area (Å²) >= 11 is 6.11. The highest BCUT2D eigenvalue weighted by Gasteiger charge is 2.40. The number of amides is 1. The van der Waals surface area contributed by atoms with Gasteiger partial charge in [-0.1, -0.05) is 30.7 Å². The lowest BCUT2D eigenvalue weighted by Crippen LogP contribution is -2.41. The fourth-order valence-corrected chi connectivity index (χ4v) is 3.42. The Kier molecular flexibility index (Phi) is 5.95. The summed E-state index contributed by atoms with van der Waals surface area (Å²) in [6.45, 7) is 5.71. The van der Waals surface area contributed by atoms with Crippen LogP contribution in [-0.4, -0.2) is 43.1 Å². The molecule has 2 saturated heterocycles. The normalized spacial score (nSPS) is 24.5. The summed E-state index contributed by atoms with van der Waals surface area (Å²) in [7, 11) is 0. The summed E-state index contributed by atoms with van der Waals surface area (Å²) in [5, 5.41) is 3.94. The van der Waals surface area contributed by atoms with Crippen LogP contribution in [0.15, 0.2) is 24.3 Å². The number of fused-ring (bicyclic) bond motifs is 1. The van der Waals surface area contributed by atoms with Crippen LogP contribution in [0.5, 0.6) is 5.75 Å². The van der Waals surface area contributed by atoms with Crippen LogP contribution in [0.4, 0.5) is 0 Å². The summed E-state index contributed by atoms with van der Waals surface area (Å²) in [6, 6.07) is 7.30. The van der Waals surface area contributed by atoms with E-state index in [1.165, 1.54) is 0 Å². The minimum Gasteiger partial charge on any atom is -0.479 e. The standard InChI is InChI=1S/C16H21ClN2O2.ClH/c1-2-14(21-15-6-4-3-5-13(15)17)16(20)19-9-11-7-18-8-12(11)10-19;/h3-6,11-12,14,18H,2,7-10H2,1H3;1H/t11-,12+,14?;. The van der Waals surface area contributed by atoms with Crippen molar-refractivity contribution in [2.75, 3.05) is 26.2 Å². The average molecular weight is 345 g/mol. The maximum atomic E-state index is 12.7. The van der Waals surface area contributed by atoms with Crippen LogP contribution in [0.2, 0.25) is 5.02 Å². The zero-order valence-corrected chi connectivity index (χ0v) is 14.2. The number of rotatable bonds is 4. The molecule has 3 rings (SSSR count). The predicted molar refractivity (Wildman–Crippen MR) is 89.8 cm³/mol. The van der Waals surface area contributed by atoms with Crippen molar-refractivity contribution in [2.45, 2.75) is 19.4 Å². The predicted octanol–water partition coefficient (Wildman–Crippen LogP) is 2.60. The van der Waals surface area contributed by atoms with Gasteiger partial charge < -0.3 is 15.0 Å². The summed E-state index contributed by atoms with van der Waals surface area (Å²) in [5.74, 6) is 1.88. The van der Waals surface area contributed by atoms with Crippen LogP contribution in [0.3, 0.4) is 0 Å². The number of hydrogen-bond acceptors (Lipinski definition) is 3. The minimum atomic E-state index is -0.448. The Balaban J connectivity index is 0.00000176. The first-order valence-corrected chi connectivity index (χ1v) is 7.97. The summed E-state index contributed by atoms with van der Waals surface area (Å²) < 4.78 is 5.85. The Morgan fingerprint density at radius 1 is 1.36 bits per heavy atom. The zero-order chi connectivity index (χ0) is 14.8. The van der Waals surface area contributed by atoms with Crippen molar-refractivity contribution < 1.29 is 9.53 Å². The molecule has 2 aliphatic heterocycles. The maximum Gasteiger partial charge on any atom is 0.263 e. The lowest BCUT2D eigenvalue weighted by Gasteiger charge is -2.24. The Bertz CT molecular complexity index is 515. The lowest BCUT2D eigenvalue weighted by molar-refractivity contribution is -0.138. The molecule has 2 heterocycles. The highest BCUT2D eigenvalue weighted by molar-refractivity contribution is 6.32. The van der Waals surface area contributed by atoms with Crippen LogP contribution in [0.1, 0.15) is 13.3 Å². The number of ether oxygens (including phenoxy) is 1. The monoisotopic (exact) mass is 344 g/mol. The van der Waals surface area contributed by atoms with Crippen molar-refractivity contribution in [2.24, 2.45) is 11.8 Å². The highest BCUT2D eigenvalue weighted by Crippen LogP contribution is 2.29. The topological polar surface area (TPSA) is 41.6 Å². The third-order valence-electron chi connectivity index (χ3n) is 4.45. The van der Waals surface area contributed by atoms with Gasteiger partial charge in [0.05, 0.1) is 5.02 Å². The van der Waals surface area contributed by atoms with Gasteiger partial charge in [0.1, 0.15) is 5.75 Å². The second-order valence-corrected chi connectivity index (χ2v) is 6.27. The van der Waals surface area contributed by atoms with Gasteiger partial charge in [-0.3, -0.25) is 4.79 Å². The number of carbonyl (C=O) groups excluding carboxylic acids is 1. The Morgan fingerprint density at radius 2 is 2.00 bits per heavy atom. The molecule has 0 saturated carbocycles. The van der Waals surface area contributed by atoms with E-state index in [1.807, 2.05) is 24.0 Å². The summed E-state index contributed by atoms with van der Waals surface area (Å²) in [6.07, 6.45) is 0.199. The van der Waals surface area contributed by atoms with E-state index in [0.29, 0.717) is 29.0 Å². The maximum absolute atomic E-state index is 12.7. The second-order valence-electron chi connectivity index (χ2n) is 5.87. The molecule has 1 aromatic carbocycles. The van der Waals surface area contributed by atoms with Crippen molar-refractivity contribution in [3.05, 3.63) is 29.3 Å². The summed E-state index contributed by atoms with van der Waals surface area (Å²) in [5.41, 5.74) is 0. The Morgan fingerprint density at radius 3 is 2.59 bits per heavy atom. The molecule has 6 heteroatoms. The molecule has 2 aliphatic rings. The number of benzene rings is 1. The zero-order valence-electron chi connectivity index (χ0n) is 12.6. The fraction of sp³-hybridized carbons (Fsp3) is 0.562. The van der Waals surface area contributed by atoms with Crippen LogP contribution in [0, 0.1) is 11.8 Å². The van der Waals surface area contributed by atoms with Gasteiger partial charge in [-0.25, -0.2) is 0 Å². The van der Waals surface area contributed by atoms with Crippen molar-refractivity contribution in [1.29, 1.82) is 0 Å².